The van der Waals surface area contributed by atoms with Gasteiger partial charge in [-0.2, -0.15) is 0 Å². The third-order valence-corrected chi connectivity index (χ3v) is 5.65. The maximum atomic E-state index is 12.1. The van der Waals surface area contributed by atoms with Gasteiger partial charge in [0.15, 0.2) is 5.96 Å². The van der Waals surface area contributed by atoms with Gasteiger partial charge < -0.3 is 25.2 Å². The highest BCUT2D eigenvalue weighted by molar-refractivity contribution is 14.0. The summed E-state index contributed by atoms with van der Waals surface area (Å²) in [6.45, 7) is 4.77. The van der Waals surface area contributed by atoms with Crippen molar-refractivity contribution in [2.45, 2.75) is 32.4 Å². The Kier molecular flexibility index (Phi) is 10.8. The fraction of sp³-hybridized carbons (Fsp3) is 0.440. The number of nitrogens with one attached hydrogen (secondary N) is 2. The van der Waals surface area contributed by atoms with E-state index in [1.807, 2.05) is 24.3 Å². The summed E-state index contributed by atoms with van der Waals surface area (Å²) in [5, 5.41) is 6.76. The van der Waals surface area contributed by atoms with Gasteiger partial charge >= 0.3 is 0 Å². The zero-order valence-corrected chi connectivity index (χ0v) is 22.3. The fourth-order valence-corrected chi connectivity index (χ4v) is 3.65. The molecule has 2 aromatic carbocycles. The van der Waals surface area contributed by atoms with Crippen LogP contribution in [-0.2, 0) is 11.3 Å². The summed E-state index contributed by atoms with van der Waals surface area (Å²) in [4.78, 5) is 20.8. The van der Waals surface area contributed by atoms with Gasteiger partial charge in [-0.25, -0.2) is 4.99 Å². The predicted octanol–water partition coefficient (Wildman–Crippen LogP) is 3.41. The Morgan fingerprint density at radius 1 is 1.15 bits per heavy atom. The lowest BCUT2D eigenvalue weighted by Gasteiger charge is -2.35. The molecule has 2 N–H and O–H groups in total. The predicted molar refractivity (Wildman–Crippen MR) is 146 cm³/mol. The largest absolute Gasteiger partial charge is 0.497 e. The number of piperidine rings is 1. The Labute approximate surface area is 214 Å². The first kappa shape index (κ1) is 26.8. The minimum absolute atomic E-state index is 0. The average Bonchev–Trinajstić information content (AvgIpc) is 2.81. The van der Waals surface area contributed by atoms with Crippen LogP contribution in [0.1, 0.15) is 24.0 Å². The number of carbonyl (C=O) groups is 1. The second-order valence-corrected chi connectivity index (χ2v) is 8.42. The molecule has 8 heteroatoms. The van der Waals surface area contributed by atoms with Crippen molar-refractivity contribution >= 4 is 41.5 Å². The maximum Gasteiger partial charge on any atom is 0.241 e. The van der Waals surface area contributed by atoms with Gasteiger partial charge in [-0.1, -0.05) is 29.8 Å². The number of rotatable bonds is 7. The number of amides is 1. The van der Waals surface area contributed by atoms with Crippen LogP contribution in [0.15, 0.2) is 53.5 Å². The number of hydrogen-bond donors (Lipinski definition) is 2. The molecule has 0 aromatic heterocycles. The quantitative estimate of drug-likeness (QED) is 0.306. The zero-order valence-electron chi connectivity index (χ0n) is 20.0. The van der Waals surface area contributed by atoms with Gasteiger partial charge in [0.25, 0.3) is 0 Å². The molecule has 180 valence electrons. The highest BCUT2D eigenvalue weighted by atomic mass is 127. The molecule has 1 aliphatic heterocycles. The maximum absolute atomic E-state index is 12.1. The van der Waals surface area contributed by atoms with Crippen LogP contribution < -0.4 is 20.3 Å². The topological polar surface area (TPSA) is 69.2 Å². The molecule has 0 radical (unpaired) electrons. The molecule has 3 rings (SSSR count). The highest BCUT2D eigenvalue weighted by Crippen LogP contribution is 2.20. The molecular formula is C25H36IN5O2. The number of likely N-dealkylation sites (N-methyl/N-ethyl adjacent to an activating group) is 1. The Balaban J connectivity index is 0.00000385. The van der Waals surface area contributed by atoms with Crippen LogP contribution >= 0.6 is 24.0 Å². The molecular weight excluding hydrogens is 529 g/mol. The van der Waals surface area contributed by atoms with Gasteiger partial charge in [-0.05, 0) is 49.6 Å². The summed E-state index contributed by atoms with van der Waals surface area (Å²) in [5.74, 6) is 1.49. The minimum Gasteiger partial charge on any atom is -0.497 e. The summed E-state index contributed by atoms with van der Waals surface area (Å²) < 4.78 is 5.23. The van der Waals surface area contributed by atoms with E-state index in [0.29, 0.717) is 12.5 Å². The molecule has 1 fully saturated rings. The molecule has 2 aromatic rings. The van der Waals surface area contributed by atoms with Crippen LogP contribution in [0.5, 0.6) is 5.75 Å². The molecule has 0 saturated carbocycles. The van der Waals surface area contributed by atoms with E-state index in [2.05, 4.69) is 46.7 Å². The van der Waals surface area contributed by atoms with Crippen molar-refractivity contribution in [3.05, 3.63) is 59.7 Å². The van der Waals surface area contributed by atoms with E-state index in [0.717, 1.165) is 37.2 Å². The second kappa shape index (κ2) is 13.3. The van der Waals surface area contributed by atoms with Crippen molar-refractivity contribution < 1.29 is 9.53 Å². The van der Waals surface area contributed by atoms with Gasteiger partial charge in [0, 0.05) is 38.9 Å². The number of nitrogens with zero attached hydrogens (tertiary/aromatic N) is 3. The van der Waals surface area contributed by atoms with E-state index in [1.54, 1.807) is 26.1 Å². The highest BCUT2D eigenvalue weighted by Gasteiger charge is 2.21. The second-order valence-electron chi connectivity index (χ2n) is 8.42. The molecule has 7 nitrogen and oxygen atoms in total. The first-order valence-corrected chi connectivity index (χ1v) is 11.1. The summed E-state index contributed by atoms with van der Waals surface area (Å²) >= 11 is 0. The SMILES string of the molecule is COc1ccc(CN=C(NCC(=O)N(C)C)NC2CCCN(c3ccc(C)cc3)C2)cc1.I. The zero-order chi connectivity index (χ0) is 22.9. The molecule has 1 unspecified atom stereocenters. The van der Waals surface area contributed by atoms with Gasteiger partial charge in [0.1, 0.15) is 5.75 Å². The van der Waals surface area contributed by atoms with E-state index in [4.69, 9.17) is 9.73 Å². The first-order valence-electron chi connectivity index (χ1n) is 11.1. The van der Waals surface area contributed by atoms with E-state index in [1.165, 1.54) is 11.3 Å². The van der Waals surface area contributed by atoms with E-state index in [9.17, 15) is 4.79 Å². The normalized spacial score (nSPS) is 15.9. The lowest BCUT2D eigenvalue weighted by molar-refractivity contribution is -0.127. The van der Waals surface area contributed by atoms with Gasteiger partial charge in [-0.15, -0.1) is 24.0 Å². The van der Waals surface area contributed by atoms with Gasteiger partial charge in [0.05, 0.1) is 20.2 Å². The van der Waals surface area contributed by atoms with Crippen LogP contribution in [0.3, 0.4) is 0 Å². The lowest BCUT2D eigenvalue weighted by atomic mass is 10.0. The monoisotopic (exact) mass is 565 g/mol. The molecule has 0 bridgehead atoms. The van der Waals surface area contributed by atoms with Crippen molar-refractivity contribution in [1.29, 1.82) is 0 Å². The lowest BCUT2D eigenvalue weighted by Crippen LogP contribution is -2.52. The number of halogens is 1. The molecule has 0 spiro atoms. The Bertz CT molecular complexity index is 900. The molecule has 1 heterocycles. The van der Waals surface area contributed by atoms with Crippen LogP contribution in [0, 0.1) is 6.92 Å². The third kappa shape index (κ3) is 8.42. The minimum atomic E-state index is 0. The molecule has 1 atom stereocenters. The molecule has 1 saturated heterocycles. The van der Waals surface area contributed by atoms with Crippen molar-refractivity contribution in [1.82, 2.24) is 15.5 Å². The Morgan fingerprint density at radius 3 is 2.48 bits per heavy atom. The summed E-state index contributed by atoms with van der Waals surface area (Å²) in [6, 6.07) is 16.8. The fourth-order valence-electron chi connectivity index (χ4n) is 3.65. The summed E-state index contributed by atoms with van der Waals surface area (Å²) in [5.41, 5.74) is 3.59. The van der Waals surface area contributed by atoms with Crippen LogP contribution in [0.2, 0.25) is 0 Å². The van der Waals surface area contributed by atoms with E-state index in [-0.39, 0.29) is 42.5 Å². The first-order chi connectivity index (χ1) is 15.4. The number of aliphatic imine (C=N–C) groups is 1. The standard InChI is InChI=1S/C25H35N5O2.HI/c1-19-7-11-22(12-8-19)30-15-5-6-21(18-30)28-25(27-17-24(31)29(2)3)26-16-20-9-13-23(32-4)14-10-20;/h7-14,21H,5-6,15-18H2,1-4H3,(H2,26,27,28);1H. The third-order valence-electron chi connectivity index (χ3n) is 5.65. The molecule has 1 amide bonds. The number of methoxy groups -OCH3 is 1. The van der Waals surface area contributed by atoms with E-state index < -0.39 is 0 Å². The van der Waals surface area contributed by atoms with Crippen LogP contribution in [-0.4, -0.2) is 63.6 Å². The van der Waals surface area contributed by atoms with Crippen LogP contribution in [0.4, 0.5) is 5.69 Å². The van der Waals surface area contributed by atoms with Crippen LogP contribution in [0.25, 0.3) is 0 Å². The van der Waals surface area contributed by atoms with E-state index >= 15 is 0 Å². The van der Waals surface area contributed by atoms with Gasteiger partial charge in [0.2, 0.25) is 5.91 Å². The number of hydrogen-bond acceptors (Lipinski definition) is 4. The summed E-state index contributed by atoms with van der Waals surface area (Å²) in [7, 11) is 5.17. The van der Waals surface area contributed by atoms with Crippen molar-refractivity contribution in [3.63, 3.8) is 0 Å². The van der Waals surface area contributed by atoms with Crippen molar-refractivity contribution in [2.24, 2.45) is 4.99 Å². The molecule has 0 aliphatic carbocycles. The average molecular weight is 566 g/mol. The number of ether oxygens (including phenoxy) is 1. The molecule has 1 aliphatic rings. The van der Waals surface area contributed by atoms with Crippen molar-refractivity contribution in [2.75, 3.05) is 45.7 Å². The van der Waals surface area contributed by atoms with Crippen molar-refractivity contribution in [3.8, 4) is 5.75 Å². The Hall–Kier alpha value is -2.49. The number of anilines is 1. The summed E-state index contributed by atoms with van der Waals surface area (Å²) in [6.07, 6.45) is 2.17. The smallest absolute Gasteiger partial charge is 0.241 e. The number of benzene rings is 2. The number of aryl methyl sites for hydroxylation is 1. The Morgan fingerprint density at radius 2 is 1.85 bits per heavy atom. The van der Waals surface area contributed by atoms with Gasteiger partial charge in [-0.3, -0.25) is 4.79 Å². The number of carbonyl (C=O) groups excluding carboxylic acids is 1. The molecule has 33 heavy (non-hydrogen) atoms. The number of guanidine groups is 1.